The van der Waals surface area contributed by atoms with Crippen molar-refractivity contribution in [1.82, 2.24) is 4.90 Å². The molecule has 0 radical (unpaired) electrons. The van der Waals surface area contributed by atoms with Gasteiger partial charge in [-0.3, -0.25) is 0 Å². The topological polar surface area (TPSA) is 46.3 Å². The zero-order valence-corrected chi connectivity index (χ0v) is 6.76. The predicted molar refractivity (Wildman–Crippen MR) is 48.9 cm³/mol. The van der Waals surface area contributed by atoms with Crippen LogP contribution in [0.3, 0.4) is 0 Å². The molecule has 0 spiro atoms. The summed E-state index contributed by atoms with van der Waals surface area (Å²) in [7, 11) is 0. The van der Waals surface area contributed by atoms with Gasteiger partial charge in [-0.2, -0.15) is 0 Å². The van der Waals surface area contributed by atoms with Crippen molar-refractivity contribution < 1.29 is 4.79 Å². The molecule has 0 bridgehead atoms. The van der Waals surface area contributed by atoms with Crippen LogP contribution in [-0.2, 0) is 0 Å². The van der Waals surface area contributed by atoms with Gasteiger partial charge >= 0.3 is 35.6 Å². The van der Waals surface area contributed by atoms with Crippen molar-refractivity contribution >= 4 is 35.6 Å². The summed E-state index contributed by atoms with van der Waals surface area (Å²) in [6.45, 7) is 5.63. The van der Waals surface area contributed by atoms with E-state index in [1.54, 1.807) is 4.90 Å². The fourth-order valence-corrected chi connectivity index (χ4v) is 0.872. The Morgan fingerprint density at radius 1 is 1.27 bits per heavy atom. The summed E-state index contributed by atoms with van der Waals surface area (Å²) in [6.07, 6.45) is 1.95. The molecule has 0 unspecified atom stereocenters. The molecule has 0 aliphatic rings. The summed E-state index contributed by atoms with van der Waals surface area (Å²) in [5.74, 6) is 0. The van der Waals surface area contributed by atoms with Gasteiger partial charge in [-0.15, -0.1) is 0 Å². The molecule has 3 nitrogen and oxygen atoms in total. The second kappa shape index (κ2) is 8.37. The quantitative estimate of drug-likeness (QED) is 0.612. The fourth-order valence-electron chi connectivity index (χ4n) is 0.872. The normalized spacial score (nSPS) is 8.55. The molecule has 0 saturated heterocycles. The first-order chi connectivity index (χ1) is 4.72. The van der Waals surface area contributed by atoms with Gasteiger partial charge in [0.1, 0.15) is 0 Å². The number of hydrogen-bond acceptors (Lipinski definition) is 1. The van der Waals surface area contributed by atoms with Gasteiger partial charge in [0.25, 0.3) is 0 Å². The van der Waals surface area contributed by atoms with E-state index in [0.717, 1.165) is 25.9 Å². The Bertz CT molecular complexity index is 103. The van der Waals surface area contributed by atoms with Crippen molar-refractivity contribution in [2.24, 2.45) is 5.73 Å². The molecule has 0 aliphatic carbocycles. The maximum absolute atomic E-state index is 10.6. The third-order valence-electron chi connectivity index (χ3n) is 1.30. The van der Waals surface area contributed by atoms with Crippen LogP contribution in [-0.4, -0.2) is 53.6 Å². The van der Waals surface area contributed by atoms with Crippen LogP contribution < -0.4 is 5.73 Å². The van der Waals surface area contributed by atoms with E-state index in [4.69, 9.17) is 5.73 Å². The number of primary amides is 1. The Labute approximate surface area is 90.6 Å². The Kier molecular flexibility index (Phi) is 10.5. The number of hydrogen-bond donors (Lipinski definition) is 1. The summed E-state index contributed by atoms with van der Waals surface area (Å²) in [5.41, 5.74) is 5.10. The van der Waals surface area contributed by atoms with Crippen LogP contribution in [0, 0.1) is 0 Å². The van der Waals surface area contributed by atoms with E-state index in [0.29, 0.717) is 0 Å². The van der Waals surface area contributed by atoms with E-state index in [9.17, 15) is 4.79 Å². The molecule has 0 fully saturated rings. The molecule has 0 atom stereocenters. The molecular weight excluding hydrogens is 151 g/mol. The zero-order valence-electron chi connectivity index (χ0n) is 6.76. The summed E-state index contributed by atoms with van der Waals surface area (Å²) >= 11 is 0. The van der Waals surface area contributed by atoms with E-state index in [2.05, 4.69) is 0 Å². The van der Waals surface area contributed by atoms with Gasteiger partial charge in [-0.05, 0) is 12.8 Å². The zero-order chi connectivity index (χ0) is 7.98. The molecule has 4 heteroatoms. The number of amides is 2. The number of carbonyl (C=O) groups is 1. The third kappa shape index (κ3) is 6.66. The van der Waals surface area contributed by atoms with Crippen molar-refractivity contribution in [3.8, 4) is 0 Å². The second-order valence-electron chi connectivity index (χ2n) is 2.33. The van der Waals surface area contributed by atoms with Crippen LogP contribution in [0.2, 0.25) is 0 Å². The maximum atomic E-state index is 10.6. The van der Waals surface area contributed by atoms with Gasteiger partial charge in [0.2, 0.25) is 0 Å². The molecule has 62 valence electrons. The number of nitrogens with two attached hydrogens (primary N) is 1. The van der Waals surface area contributed by atoms with Crippen LogP contribution in [0.4, 0.5) is 4.79 Å². The summed E-state index contributed by atoms with van der Waals surface area (Å²) in [5, 5.41) is 0. The first-order valence-electron chi connectivity index (χ1n) is 3.76. The predicted octanol–water partition coefficient (Wildman–Crippen LogP) is 0.539. The minimum atomic E-state index is -0.302. The van der Waals surface area contributed by atoms with Crippen molar-refractivity contribution in [2.45, 2.75) is 26.7 Å². The van der Waals surface area contributed by atoms with Crippen molar-refractivity contribution in [3.63, 3.8) is 0 Å². The summed E-state index contributed by atoms with van der Waals surface area (Å²) < 4.78 is 0. The average molecular weight is 168 g/mol. The number of carbonyl (C=O) groups excluding carboxylic acids is 1. The Morgan fingerprint density at radius 3 is 1.82 bits per heavy atom. The monoisotopic (exact) mass is 168 g/mol. The van der Waals surface area contributed by atoms with Gasteiger partial charge < -0.3 is 10.6 Å². The van der Waals surface area contributed by atoms with E-state index in [1.165, 1.54) is 0 Å². The second-order valence-corrected chi connectivity index (χ2v) is 2.33. The van der Waals surface area contributed by atoms with E-state index >= 15 is 0 Å². The van der Waals surface area contributed by atoms with Gasteiger partial charge in [0.15, 0.2) is 0 Å². The molecule has 11 heavy (non-hydrogen) atoms. The molecule has 0 aromatic carbocycles. The van der Waals surface area contributed by atoms with Crippen LogP contribution in [0.5, 0.6) is 0 Å². The van der Waals surface area contributed by atoms with Crippen molar-refractivity contribution in [2.75, 3.05) is 13.1 Å². The molecule has 0 aromatic rings. The van der Waals surface area contributed by atoms with Crippen molar-refractivity contribution in [1.29, 1.82) is 0 Å². The number of rotatable bonds is 4. The Hall–Kier alpha value is 0.270. The molecule has 0 saturated carbocycles. The molecule has 0 rings (SSSR count). The van der Waals surface area contributed by atoms with E-state index in [1.807, 2.05) is 13.8 Å². The average Bonchev–Trinajstić information content (AvgIpc) is 1.87. The van der Waals surface area contributed by atoms with Crippen LogP contribution in [0.1, 0.15) is 26.7 Å². The van der Waals surface area contributed by atoms with Gasteiger partial charge in [-0.1, -0.05) is 13.8 Å². The summed E-state index contributed by atoms with van der Waals surface area (Å²) in [4.78, 5) is 12.3. The SMILES string of the molecule is CCCN(CCC)C(N)=O.[NaH]. The first kappa shape index (κ1) is 13.8. The van der Waals surface area contributed by atoms with Crippen LogP contribution in [0.25, 0.3) is 0 Å². The third-order valence-corrected chi connectivity index (χ3v) is 1.30. The molecular formula is C7H17N2NaO. The molecule has 0 aromatic heterocycles. The Balaban J connectivity index is 0. The summed E-state index contributed by atoms with van der Waals surface area (Å²) in [6, 6.07) is -0.302. The van der Waals surface area contributed by atoms with Crippen molar-refractivity contribution in [3.05, 3.63) is 0 Å². The molecule has 2 N–H and O–H groups in total. The minimum absolute atomic E-state index is 0. The molecule has 0 aliphatic heterocycles. The fraction of sp³-hybridized carbons (Fsp3) is 0.857. The van der Waals surface area contributed by atoms with Gasteiger partial charge in [0, 0.05) is 13.1 Å². The van der Waals surface area contributed by atoms with Crippen LogP contribution >= 0.6 is 0 Å². The van der Waals surface area contributed by atoms with E-state index < -0.39 is 0 Å². The standard InChI is InChI=1S/C7H16N2O.Na.H/c1-3-5-9(6-4-2)7(8)10;;/h3-6H2,1-2H3,(H2,8,10);;. The van der Waals surface area contributed by atoms with Gasteiger partial charge in [-0.25, -0.2) is 4.79 Å². The van der Waals surface area contributed by atoms with Gasteiger partial charge in [0.05, 0.1) is 0 Å². The molecule has 0 heterocycles. The Morgan fingerprint density at radius 2 is 1.64 bits per heavy atom. The number of urea groups is 1. The van der Waals surface area contributed by atoms with E-state index in [-0.39, 0.29) is 35.6 Å². The molecule has 2 amide bonds. The first-order valence-corrected chi connectivity index (χ1v) is 3.76. The number of nitrogens with zero attached hydrogens (tertiary/aromatic N) is 1. The van der Waals surface area contributed by atoms with Crippen LogP contribution in [0.15, 0.2) is 0 Å².